The number of carboxylic acid groups (broad SMARTS) is 1. The summed E-state index contributed by atoms with van der Waals surface area (Å²) in [5, 5.41) is 19.5. The molecule has 1 unspecified atom stereocenters. The summed E-state index contributed by atoms with van der Waals surface area (Å²) in [5.74, 6) is -4.17. The molecule has 11 heteroatoms. The van der Waals surface area contributed by atoms with E-state index in [1.165, 1.54) is 6.92 Å². The molecular formula is C27H48N4O7. The van der Waals surface area contributed by atoms with E-state index in [4.69, 9.17) is 5.11 Å². The van der Waals surface area contributed by atoms with E-state index < -0.39 is 53.8 Å². The van der Waals surface area contributed by atoms with E-state index >= 15 is 0 Å². The molecule has 0 aliphatic carbocycles. The van der Waals surface area contributed by atoms with E-state index in [9.17, 15) is 28.8 Å². The van der Waals surface area contributed by atoms with Gasteiger partial charge in [-0.05, 0) is 37.5 Å². The van der Waals surface area contributed by atoms with Gasteiger partial charge in [-0.2, -0.15) is 0 Å². The van der Waals surface area contributed by atoms with Crippen LogP contribution in [-0.2, 0) is 28.8 Å². The van der Waals surface area contributed by atoms with Crippen molar-refractivity contribution in [1.29, 1.82) is 0 Å². The van der Waals surface area contributed by atoms with Crippen LogP contribution in [0.15, 0.2) is 0 Å². The first-order chi connectivity index (χ1) is 17.5. The van der Waals surface area contributed by atoms with Gasteiger partial charge in [0.2, 0.25) is 23.6 Å². The second kappa shape index (κ2) is 16.8. The Balaban J connectivity index is 5.29. The molecule has 0 aromatic heterocycles. The molecule has 5 atom stereocenters. The van der Waals surface area contributed by atoms with Crippen LogP contribution in [0.25, 0.3) is 0 Å². The van der Waals surface area contributed by atoms with Crippen molar-refractivity contribution in [2.75, 3.05) is 0 Å². The van der Waals surface area contributed by atoms with Gasteiger partial charge in [-0.25, -0.2) is 4.79 Å². The monoisotopic (exact) mass is 540 g/mol. The van der Waals surface area contributed by atoms with E-state index in [1.54, 1.807) is 13.8 Å². The SMILES string of the molecule is CCC(NC(=O)[C@H](C)NC(=O)[C@H](C)CC(=O)[C@H](CC(C)C)NC(=O)[C@@H](NC(=O)CC(C)C)C(C)C)C(=O)O. The predicted octanol–water partition coefficient (Wildman–Crippen LogP) is 1.78. The van der Waals surface area contributed by atoms with E-state index in [2.05, 4.69) is 21.3 Å². The van der Waals surface area contributed by atoms with Gasteiger partial charge in [-0.1, -0.05) is 55.4 Å². The van der Waals surface area contributed by atoms with Crippen molar-refractivity contribution in [3.63, 3.8) is 0 Å². The zero-order chi connectivity index (χ0) is 29.7. The normalized spacial score (nSPS) is 15.3. The van der Waals surface area contributed by atoms with Gasteiger partial charge in [0.25, 0.3) is 0 Å². The molecule has 0 saturated carbocycles. The van der Waals surface area contributed by atoms with Gasteiger partial charge >= 0.3 is 5.97 Å². The summed E-state index contributed by atoms with van der Waals surface area (Å²) in [6.45, 7) is 15.8. The second-order valence-electron chi connectivity index (χ2n) is 11.2. The molecule has 0 spiro atoms. The number of amides is 4. The predicted molar refractivity (Wildman–Crippen MR) is 144 cm³/mol. The molecule has 218 valence electrons. The summed E-state index contributed by atoms with van der Waals surface area (Å²) in [5.41, 5.74) is 0. The van der Waals surface area contributed by atoms with Gasteiger partial charge in [0.05, 0.1) is 6.04 Å². The van der Waals surface area contributed by atoms with Gasteiger partial charge in [0, 0.05) is 18.8 Å². The number of hydrogen-bond acceptors (Lipinski definition) is 6. The molecule has 38 heavy (non-hydrogen) atoms. The van der Waals surface area contributed by atoms with Crippen LogP contribution in [0.2, 0.25) is 0 Å². The number of carbonyl (C=O) groups excluding carboxylic acids is 5. The molecule has 0 aliphatic rings. The number of rotatable bonds is 17. The van der Waals surface area contributed by atoms with Crippen molar-refractivity contribution in [1.82, 2.24) is 21.3 Å². The minimum atomic E-state index is -1.17. The smallest absolute Gasteiger partial charge is 0.326 e. The fraction of sp³-hybridized carbons (Fsp3) is 0.778. The average Bonchev–Trinajstić information content (AvgIpc) is 2.78. The van der Waals surface area contributed by atoms with Crippen LogP contribution in [0.4, 0.5) is 0 Å². The summed E-state index contributed by atoms with van der Waals surface area (Å²) in [4.78, 5) is 74.5. The van der Waals surface area contributed by atoms with Gasteiger partial charge in [0.15, 0.2) is 5.78 Å². The Kier molecular flexibility index (Phi) is 15.5. The molecule has 0 aromatic carbocycles. The molecule has 5 N–H and O–H groups in total. The highest BCUT2D eigenvalue weighted by atomic mass is 16.4. The fourth-order valence-electron chi connectivity index (χ4n) is 3.73. The Morgan fingerprint density at radius 1 is 0.658 bits per heavy atom. The lowest BCUT2D eigenvalue weighted by molar-refractivity contribution is -0.142. The minimum absolute atomic E-state index is 0.0749. The zero-order valence-electron chi connectivity index (χ0n) is 24.3. The van der Waals surface area contributed by atoms with Crippen molar-refractivity contribution in [3.8, 4) is 0 Å². The molecule has 0 heterocycles. The molecule has 0 radical (unpaired) electrons. The topological polar surface area (TPSA) is 171 Å². The lowest BCUT2D eigenvalue weighted by Crippen LogP contribution is -2.54. The second-order valence-corrected chi connectivity index (χ2v) is 11.2. The number of ketones is 1. The summed E-state index contributed by atoms with van der Waals surface area (Å²) in [6.07, 6.45) is 0.657. The van der Waals surface area contributed by atoms with Crippen molar-refractivity contribution in [2.45, 2.75) is 112 Å². The van der Waals surface area contributed by atoms with Crippen LogP contribution in [0.5, 0.6) is 0 Å². The lowest BCUT2D eigenvalue weighted by Gasteiger charge is -2.27. The van der Waals surface area contributed by atoms with Crippen molar-refractivity contribution >= 4 is 35.4 Å². The Bertz CT molecular complexity index is 841. The number of hydrogen-bond donors (Lipinski definition) is 5. The summed E-state index contributed by atoms with van der Waals surface area (Å²) >= 11 is 0. The first kappa shape index (κ1) is 35.0. The highest BCUT2D eigenvalue weighted by Gasteiger charge is 2.31. The molecule has 0 bridgehead atoms. The maximum atomic E-state index is 13.1. The fourth-order valence-corrected chi connectivity index (χ4v) is 3.73. The zero-order valence-corrected chi connectivity index (χ0v) is 24.3. The number of Topliss-reactive ketones (excluding diaryl/α,β-unsaturated/α-hetero) is 1. The van der Waals surface area contributed by atoms with Gasteiger partial charge in [-0.3, -0.25) is 24.0 Å². The van der Waals surface area contributed by atoms with E-state index in [-0.39, 0.29) is 48.7 Å². The molecule has 4 amide bonds. The van der Waals surface area contributed by atoms with Gasteiger partial charge in [0.1, 0.15) is 18.1 Å². The number of carbonyl (C=O) groups is 6. The van der Waals surface area contributed by atoms with Crippen molar-refractivity contribution in [3.05, 3.63) is 0 Å². The van der Waals surface area contributed by atoms with Crippen molar-refractivity contribution in [2.24, 2.45) is 23.7 Å². The standard InChI is InChI=1S/C27H48N4O7/c1-10-19(27(37)38)29-25(35)18(9)28-24(34)17(8)13-21(32)20(11-14(2)3)30-26(36)23(16(6)7)31-22(33)12-15(4)5/h14-20,23H,10-13H2,1-9H3,(H,28,34)(H,29,35)(H,30,36)(H,31,33)(H,37,38)/t17-,18+,19?,20+,23+/m1/s1. The molecule has 0 aliphatic heterocycles. The highest BCUT2D eigenvalue weighted by molar-refractivity contribution is 5.95. The van der Waals surface area contributed by atoms with Crippen molar-refractivity contribution < 1.29 is 33.9 Å². The molecule has 0 rings (SSSR count). The quantitative estimate of drug-likeness (QED) is 0.187. The van der Waals surface area contributed by atoms with Crippen LogP contribution < -0.4 is 21.3 Å². The van der Waals surface area contributed by atoms with Crippen LogP contribution in [0, 0.1) is 23.7 Å². The lowest BCUT2D eigenvalue weighted by atomic mass is 9.93. The Morgan fingerprint density at radius 3 is 1.66 bits per heavy atom. The number of carboxylic acids is 1. The third kappa shape index (κ3) is 13.0. The Labute approximate surface area is 226 Å². The van der Waals surface area contributed by atoms with E-state index in [1.807, 2.05) is 41.5 Å². The summed E-state index contributed by atoms with van der Waals surface area (Å²) < 4.78 is 0. The number of nitrogens with one attached hydrogen (secondary N) is 4. The molecule has 0 saturated heterocycles. The van der Waals surface area contributed by atoms with E-state index in [0.29, 0.717) is 6.42 Å². The highest BCUT2D eigenvalue weighted by Crippen LogP contribution is 2.14. The van der Waals surface area contributed by atoms with Crippen LogP contribution in [0.3, 0.4) is 0 Å². The largest absolute Gasteiger partial charge is 0.480 e. The summed E-state index contributed by atoms with van der Waals surface area (Å²) in [7, 11) is 0. The maximum absolute atomic E-state index is 13.1. The average molecular weight is 541 g/mol. The van der Waals surface area contributed by atoms with Crippen LogP contribution in [0.1, 0.15) is 88.0 Å². The van der Waals surface area contributed by atoms with Gasteiger partial charge < -0.3 is 26.4 Å². The first-order valence-electron chi connectivity index (χ1n) is 13.5. The summed E-state index contributed by atoms with van der Waals surface area (Å²) in [6, 6.07) is -3.71. The van der Waals surface area contributed by atoms with Crippen LogP contribution in [-0.4, -0.2) is 64.7 Å². The molecule has 0 aromatic rings. The van der Waals surface area contributed by atoms with Gasteiger partial charge in [-0.15, -0.1) is 0 Å². The molecule has 11 nitrogen and oxygen atoms in total. The maximum Gasteiger partial charge on any atom is 0.326 e. The van der Waals surface area contributed by atoms with Crippen LogP contribution >= 0.6 is 0 Å². The minimum Gasteiger partial charge on any atom is -0.480 e. The van der Waals surface area contributed by atoms with E-state index in [0.717, 1.165) is 0 Å². The molecular weight excluding hydrogens is 492 g/mol. The number of aliphatic carboxylic acids is 1. The Morgan fingerprint density at radius 2 is 1.21 bits per heavy atom. The Hall–Kier alpha value is -2.98. The third-order valence-electron chi connectivity index (χ3n) is 6.00. The third-order valence-corrected chi connectivity index (χ3v) is 6.00. The first-order valence-corrected chi connectivity index (χ1v) is 13.5. The molecule has 0 fully saturated rings.